The second kappa shape index (κ2) is 10.7. The minimum atomic E-state index is -2.57. The summed E-state index contributed by atoms with van der Waals surface area (Å²) in [5, 5.41) is 5.56. The summed E-state index contributed by atoms with van der Waals surface area (Å²) in [6.07, 6.45) is 0. The van der Waals surface area contributed by atoms with E-state index in [9.17, 15) is 0 Å². The van der Waals surface area contributed by atoms with E-state index in [1.807, 2.05) is 0 Å². The molecule has 39 heavy (non-hydrogen) atoms. The van der Waals surface area contributed by atoms with Crippen molar-refractivity contribution in [1.29, 1.82) is 0 Å². The molecule has 0 saturated heterocycles. The van der Waals surface area contributed by atoms with Gasteiger partial charge in [-0.15, -0.1) is 0 Å². The average molecular weight is 517 g/mol. The van der Waals surface area contributed by atoms with Crippen molar-refractivity contribution in [1.82, 2.24) is 0 Å². The Kier molecular flexibility index (Phi) is 6.83. The second-order valence-corrected chi connectivity index (χ2v) is 14.2. The summed E-state index contributed by atoms with van der Waals surface area (Å²) in [5.74, 6) is 0. The summed E-state index contributed by atoms with van der Waals surface area (Å²) in [5.41, 5.74) is 7.56. The quantitative estimate of drug-likeness (QED) is 0.165. The molecule has 0 nitrogen and oxygen atoms in total. The zero-order valence-corrected chi connectivity index (χ0v) is 23.5. The maximum Gasteiger partial charge on any atom is 0.179 e. The first-order chi connectivity index (χ1) is 19.1. The third-order valence-corrected chi connectivity index (χ3v) is 12.6. The van der Waals surface area contributed by atoms with Crippen LogP contribution in [0.15, 0.2) is 158 Å². The van der Waals surface area contributed by atoms with Crippen LogP contribution in [0.4, 0.5) is 0 Å². The highest BCUT2D eigenvalue weighted by Gasteiger charge is 2.41. The Hall–Kier alpha value is -4.46. The fraction of sp³-hybridized carbons (Fsp3) is 0.0526. The number of rotatable bonds is 6. The lowest BCUT2D eigenvalue weighted by Gasteiger charge is -2.34. The van der Waals surface area contributed by atoms with E-state index in [4.69, 9.17) is 0 Å². The molecule has 0 aliphatic heterocycles. The van der Waals surface area contributed by atoms with Gasteiger partial charge in [0.1, 0.15) is 0 Å². The van der Waals surface area contributed by atoms with E-state index in [0.29, 0.717) is 0 Å². The number of hydrogen-bond donors (Lipinski definition) is 0. The normalized spacial score (nSPS) is 11.3. The molecule has 6 aromatic carbocycles. The van der Waals surface area contributed by atoms with Crippen LogP contribution in [0.5, 0.6) is 0 Å². The van der Waals surface area contributed by atoms with Crippen molar-refractivity contribution in [2.75, 3.05) is 0 Å². The van der Waals surface area contributed by atoms with Gasteiger partial charge in [-0.3, -0.25) is 0 Å². The van der Waals surface area contributed by atoms with Crippen LogP contribution in [0.3, 0.4) is 0 Å². The fourth-order valence-electron chi connectivity index (χ4n) is 5.69. The standard InChI is InChI=1S/C38H32Si/c1-29-13-17-31(18-14-29)33-21-25-37(26-22-33)39(35-9-5-3-6-10-35,36-11-7-4-8-12-36)38-27-23-34(24-28-38)32-19-15-30(2)16-20-32/h3-28H,1-2H3. The lowest BCUT2D eigenvalue weighted by molar-refractivity contribution is 1.47. The molecule has 6 rings (SSSR count). The number of aryl methyl sites for hydroxylation is 2. The van der Waals surface area contributed by atoms with Crippen LogP contribution in [0.2, 0.25) is 0 Å². The maximum absolute atomic E-state index is 2.57. The number of hydrogen-bond acceptors (Lipinski definition) is 0. The minimum absolute atomic E-state index is 1.25. The Labute approximate surface area is 233 Å². The minimum Gasteiger partial charge on any atom is -0.0623 e. The molecule has 1 heteroatoms. The first-order valence-electron chi connectivity index (χ1n) is 13.6. The lowest BCUT2D eigenvalue weighted by atomic mass is 10.0. The molecule has 0 unspecified atom stereocenters. The summed E-state index contributed by atoms with van der Waals surface area (Å²) in [6, 6.07) is 58.5. The van der Waals surface area contributed by atoms with Gasteiger partial charge < -0.3 is 0 Å². The molecule has 0 N–H and O–H groups in total. The molecule has 0 bridgehead atoms. The van der Waals surface area contributed by atoms with Crippen molar-refractivity contribution in [3.8, 4) is 22.3 Å². The molecule has 0 aromatic heterocycles. The molecule has 0 heterocycles. The van der Waals surface area contributed by atoms with Gasteiger partial charge in [0.25, 0.3) is 0 Å². The van der Waals surface area contributed by atoms with Crippen molar-refractivity contribution in [2.24, 2.45) is 0 Å². The zero-order valence-electron chi connectivity index (χ0n) is 22.5. The van der Waals surface area contributed by atoms with Gasteiger partial charge in [-0.1, -0.05) is 169 Å². The molecule has 0 fully saturated rings. The highest BCUT2D eigenvalue weighted by molar-refractivity contribution is 7.19. The molecule has 0 amide bonds. The van der Waals surface area contributed by atoms with Crippen LogP contribution in [-0.2, 0) is 0 Å². The average Bonchev–Trinajstić information content (AvgIpc) is 3.00. The summed E-state index contributed by atoms with van der Waals surface area (Å²) >= 11 is 0. The Morgan fingerprint density at radius 3 is 0.846 bits per heavy atom. The topological polar surface area (TPSA) is 0 Å². The van der Waals surface area contributed by atoms with E-state index in [-0.39, 0.29) is 0 Å². The molecule has 0 saturated carbocycles. The van der Waals surface area contributed by atoms with E-state index >= 15 is 0 Å². The van der Waals surface area contributed by atoms with E-state index in [1.165, 1.54) is 54.1 Å². The van der Waals surface area contributed by atoms with Gasteiger partial charge in [-0.05, 0) is 56.8 Å². The molecule has 0 atom stereocenters. The number of benzene rings is 6. The third kappa shape index (κ3) is 4.78. The molecular formula is C38H32Si. The highest BCUT2D eigenvalue weighted by Crippen LogP contribution is 2.22. The van der Waals surface area contributed by atoms with Gasteiger partial charge >= 0.3 is 0 Å². The summed E-state index contributed by atoms with van der Waals surface area (Å²) in [6.45, 7) is 4.27. The van der Waals surface area contributed by atoms with Crippen molar-refractivity contribution < 1.29 is 0 Å². The fourth-order valence-corrected chi connectivity index (χ4v) is 10.4. The monoisotopic (exact) mass is 516 g/mol. The van der Waals surface area contributed by atoms with Crippen molar-refractivity contribution in [3.05, 3.63) is 169 Å². The molecule has 0 radical (unpaired) electrons. The van der Waals surface area contributed by atoms with Crippen molar-refractivity contribution in [3.63, 3.8) is 0 Å². The van der Waals surface area contributed by atoms with Gasteiger partial charge in [-0.2, -0.15) is 0 Å². The molecule has 0 aliphatic rings. The van der Waals surface area contributed by atoms with E-state index in [1.54, 1.807) is 0 Å². The van der Waals surface area contributed by atoms with E-state index < -0.39 is 8.07 Å². The first-order valence-corrected chi connectivity index (χ1v) is 15.6. The highest BCUT2D eigenvalue weighted by atomic mass is 28.3. The molecular weight excluding hydrogens is 485 g/mol. The predicted molar refractivity (Wildman–Crippen MR) is 170 cm³/mol. The summed E-state index contributed by atoms with van der Waals surface area (Å²) in [4.78, 5) is 0. The smallest absolute Gasteiger partial charge is 0.0623 e. The molecule has 0 aliphatic carbocycles. The second-order valence-electron chi connectivity index (χ2n) is 10.4. The van der Waals surface area contributed by atoms with Crippen molar-refractivity contribution >= 4 is 28.8 Å². The summed E-state index contributed by atoms with van der Waals surface area (Å²) < 4.78 is 0. The molecule has 188 valence electrons. The molecule has 0 spiro atoms. The first kappa shape index (κ1) is 24.8. The molecule has 6 aromatic rings. The van der Waals surface area contributed by atoms with E-state index in [0.717, 1.165) is 0 Å². The maximum atomic E-state index is 2.37. The Morgan fingerprint density at radius 2 is 0.538 bits per heavy atom. The van der Waals surface area contributed by atoms with Gasteiger partial charge in [0.05, 0.1) is 0 Å². The van der Waals surface area contributed by atoms with Gasteiger partial charge in [-0.25, -0.2) is 0 Å². The van der Waals surface area contributed by atoms with Gasteiger partial charge in [0.2, 0.25) is 0 Å². The largest absolute Gasteiger partial charge is 0.179 e. The van der Waals surface area contributed by atoms with Crippen LogP contribution in [0.1, 0.15) is 11.1 Å². The summed E-state index contributed by atoms with van der Waals surface area (Å²) in [7, 11) is -2.57. The van der Waals surface area contributed by atoms with Gasteiger partial charge in [0, 0.05) is 0 Å². The third-order valence-electron chi connectivity index (χ3n) is 7.82. The SMILES string of the molecule is Cc1ccc(-c2ccc([Si](c3ccccc3)(c3ccccc3)c3ccc(-c4ccc(C)cc4)cc3)cc2)cc1. The van der Waals surface area contributed by atoms with Crippen molar-refractivity contribution in [2.45, 2.75) is 13.8 Å². The lowest BCUT2D eigenvalue weighted by Crippen LogP contribution is -2.74. The van der Waals surface area contributed by atoms with Crippen LogP contribution in [0.25, 0.3) is 22.3 Å². The van der Waals surface area contributed by atoms with Crippen LogP contribution in [-0.4, -0.2) is 8.07 Å². The Balaban J connectivity index is 1.55. The van der Waals surface area contributed by atoms with Crippen LogP contribution in [0, 0.1) is 13.8 Å². The zero-order chi connectivity index (χ0) is 26.7. The van der Waals surface area contributed by atoms with Crippen LogP contribution >= 0.6 is 0 Å². The Bertz CT molecular complexity index is 1520. The van der Waals surface area contributed by atoms with E-state index in [2.05, 4.69) is 172 Å². The Morgan fingerprint density at radius 1 is 0.282 bits per heavy atom. The van der Waals surface area contributed by atoms with Gasteiger partial charge in [0.15, 0.2) is 8.07 Å². The predicted octanol–water partition coefficient (Wildman–Crippen LogP) is 7.01. The van der Waals surface area contributed by atoms with Crippen LogP contribution < -0.4 is 20.7 Å².